The summed E-state index contributed by atoms with van der Waals surface area (Å²) >= 11 is 5.98. The Morgan fingerprint density at radius 1 is 0.794 bits per heavy atom. The van der Waals surface area contributed by atoms with Crippen LogP contribution in [0.4, 0.5) is 0 Å². The van der Waals surface area contributed by atoms with Gasteiger partial charge in [-0.05, 0) is 36.2 Å². The summed E-state index contributed by atoms with van der Waals surface area (Å²) in [5.74, 6) is 0.941. The summed E-state index contributed by atoms with van der Waals surface area (Å²) in [6, 6.07) is 31.8. The zero-order valence-corrected chi connectivity index (χ0v) is 20.1. The number of aromatic nitrogens is 1. The van der Waals surface area contributed by atoms with E-state index in [1.54, 1.807) is 0 Å². The summed E-state index contributed by atoms with van der Waals surface area (Å²) in [4.78, 5) is 5.19. The van der Waals surface area contributed by atoms with Gasteiger partial charge in [-0.15, -0.1) is 0 Å². The van der Waals surface area contributed by atoms with Gasteiger partial charge in [-0.25, -0.2) is 0 Å². The molecule has 1 aromatic heterocycles. The molecule has 0 aliphatic carbocycles. The van der Waals surface area contributed by atoms with Gasteiger partial charge in [-0.1, -0.05) is 89.6 Å². The molecule has 34 heavy (non-hydrogen) atoms. The van der Waals surface area contributed by atoms with Crippen LogP contribution in [0.3, 0.4) is 0 Å². The van der Waals surface area contributed by atoms with Gasteiger partial charge in [0.25, 0.3) is 0 Å². The molecular weight excluding hydrogens is 442 g/mol. The van der Waals surface area contributed by atoms with E-state index in [0.29, 0.717) is 6.04 Å². The Morgan fingerprint density at radius 2 is 1.41 bits per heavy atom. The highest BCUT2D eigenvalue weighted by atomic mass is 35.5. The second-order valence-corrected chi connectivity index (χ2v) is 9.33. The van der Waals surface area contributed by atoms with Crippen LogP contribution in [0.25, 0.3) is 11.3 Å². The van der Waals surface area contributed by atoms with Crippen molar-refractivity contribution in [1.82, 2.24) is 15.0 Å². The molecular formula is C29H30ClN3O. The third-order valence-electron chi connectivity index (χ3n) is 6.60. The van der Waals surface area contributed by atoms with Gasteiger partial charge < -0.3 is 9.42 Å². The molecule has 0 atom stereocenters. The SMILES string of the molecule is Clc1ccc(-c2cc(CCCN3CCN(C(c4ccccc4)c4ccccc4)CC3)on2)cc1. The van der Waals surface area contributed by atoms with E-state index in [9.17, 15) is 0 Å². The van der Waals surface area contributed by atoms with Crippen LogP contribution in [-0.4, -0.2) is 47.7 Å². The molecule has 0 amide bonds. The van der Waals surface area contributed by atoms with Crippen LogP contribution in [-0.2, 0) is 6.42 Å². The largest absolute Gasteiger partial charge is 0.361 e. The highest BCUT2D eigenvalue weighted by Crippen LogP contribution is 2.29. The van der Waals surface area contributed by atoms with E-state index in [1.165, 1.54) is 11.1 Å². The minimum atomic E-state index is 0.310. The van der Waals surface area contributed by atoms with E-state index in [1.807, 2.05) is 30.3 Å². The van der Waals surface area contributed by atoms with E-state index >= 15 is 0 Å². The summed E-state index contributed by atoms with van der Waals surface area (Å²) in [6.07, 6.45) is 1.97. The monoisotopic (exact) mass is 471 g/mol. The van der Waals surface area contributed by atoms with Crippen molar-refractivity contribution in [2.45, 2.75) is 18.9 Å². The Morgan fingerprint density at radius 3 is 2.03 bits per heavy atom. The lowest BCUT2D eigenvalue weighted by Gasteiger charge is -2.39. The van der Waals surface area contributed by atoms with Crippen molar-refractivity contribution < 1.29 is 4.52 Å². The molecule has 174 valence electrons. The fourth-order valence-corrected chi connectivity index (χ4v) is 4.92. The molecule has 1 saturated heterocycles. The first-order valence-corrected chi connectivity index (χ1v) is 12.4. The van der Waals surface area contributed by atoms with E-state index < -0.39 is 0 Å². The number of hydrogen-bond acceptors (Lipinski definition) is 4. The molecule has 1 aliphatic heterocycles. The molecule has 0 N–H and O–H groups in total. The van der Waals surface area contributed by atoms with E-state index in [4.69, 9.17) is 16.1 Å². The van der Waals surface area contributed by atoms with Crippen molar-refractivity contribution in [3.63, 3.8) is 0 Å². The normalized spacial score (nSPS) is 15.1. The lowest BCUT2D eigenvalue weighted by atomic mass is 9.96. The van der Waals surface area contributed by atoms with E-state index in [2.05, 4.69) is 75.6 Å². The van der Waals surface area contributed by atoms with Crippen molar-refractivity contribution in [2.24, 2.45) is 0 Å². The van der Waals surface area contributed by atoms with Gasteiger partial charge >= 0.3 is 0 Å². The molecule has 0 radical (unpaired) electrons. The zero-order chi connectivity index (χ0) is 23.2. The molecule has 3 aromatic carbocycles. The Bertz CT molecular complexity index is 1110. The van der Waals surface area contributed by atoms with Gasteiger partial charge in [0.2, 0.25) is 0 Å². The summed E-state index contributed by atoms with van der Waals surface area (Å²) in [5.41, 5.74) is 4.63. The molecule has 1 fully saturated rings. The van der Waals surface area contributed by atoms with Gasteiger partial charge in [-0.2, -0.15) is 0 Å². The maximum Gasteiger partial charge on any atom is 0.137 e. The first-order valence-electron chi connectivity index (χ1n) is 12.0. The van der Waals surface area contributed by atoms with Gasteiger partial charge in [0.15, 0.2) is 0 Å². The fraction of sp³-hybridized carbons (Fsp3) is 0.276. The molecule has 0 bridgehead atoms. The van der Waals surface area contributed by atoms with Crippen LogP contribution >= 0.6 is 11.6 Å². The van der Waals surface area contributed by atoms with Crippen molar-refractivity contribution in [3.8, 4) is 11.3 Å². The maximum absolute atomic E-state index is 5.98. The quantitative estimate of drug-likeness (QED) is 0.300. The molecule has 5 rings (SSSR count). The predicted molar refractivity (Wildman–Crippen MR) is 138 cm³/mol. The molecule has 4 nitrogen and oxygen atoms in total. The Balaban J connectivity index is 1.14. The highest BCUT2D eigenvalue weighted by Gasteiger charge is 2.26. The van der Waals surface area contributed by atoms with E-state index in [-0.39, 0.29) is 0 Å². The van der Waals surface area contributed by atoms with Crippen molar-refractivity contribution >= 4 is 11.6 Å². The van der Waals surface area contributed by atoms with Gasteiger partial charge in [-0.3, -0.25) is 4.90 Å². The maximum atomic E-state index is 5.98. The summed E-state index contributed by atoms with van der Waals surface area (Å²) in [6.45, 7) is 5.38. The third-order valence-corrected chi connectivity index (χ3v) is 6.85. The average molecular weight is 472 g/mol. The smallest absolute Gasteiger partial charge is 0.137 e. The predicted octanol–water partition coefficient (Wildman–Crippen LogP) is 6.33. The third kappa shape index (κ3) is 5.58. The van der Waals surface area contributed by atoms with Crippen molar-refractivity contribution in [2.75, 3.05) is 32.7 Å². The van der Waals surface area contributed by atoms with Crippen LogP contribution < -0.4 is 0 Å². The molecule has 0 spiro atoms. The lowest BCUT2D eigenvalue weighted by Crippen LogP contribution is -2.48. The first-order chi connectivity index (χ1) is 16.8. The minimum Gasteiger partial charge on any atom is -0.361 e. The molecule has 5 heteroatoms. The van der Waals surface area contributed by atoms with Crippen LogP contribution in [0.2, 0.25) is 5.02 Å². The number of aryl methyl sites for hydroxylation is 1. The Kier molecular flexibility index (Phi) is 7.40. The summed E-state index contributed by atoms with van der Waals surface area (Å²) in [5, 5.41) is 4.96. The van der Waals surface area contributed by atoms with Gasteiger partial charge in [0.1, 0.15) is 11.5 Å². The molecule has 0 unspecified atom stereocenters. The molecule has 2 heterocycles. The van der Waals surface area contributed by atoms with Crippen LogP contribution in [0.5, 0.6) is 0 Å². The number of piperazine rings is 1. The summed E-state index contributed by atoms with van der Waals surface area (Å²) < 4.78 is 5.58. The molecule has 1 aliphatic rings. The van der Waals surface area contributed by atoms with Crippen LogP contribution in [0, 0.1) is 0 Å². The number of rotatable bonds is 8. The number of hydrogen-bond donors (Lipinski definition) is 0. The summed E-state index contributed by atoms with van der Waals surface area (Å²) in [7, 11) is 0. The van der Waals surface area contributed by atoms with Crippen LogP contribution in [0.15, 0.2) is 95.5 Å². The lowest BCUT2D eigenvalue weighted by molar-refractivity contribution is 0.108. The van der Waals surface area contributed by atoms with Crippen molar-refractivity contribution in [1.29, 1.82) is 0 Å². The minimum absolute atomic E-state index is 0.310. The highest BCUT2D eigenvalue weighted by molar-refractivity contribution is 6.30. The van der Waals surface area contributed by atoms with Crippen LogP contribution in [0.1, 0.15) is 29.3 Å². The average Bonchev–Trinajstić information content (AvgIpc) is 3.36. The second kappa shape index (κ2) is 11.0. The topological polar surface area (TPSA) is 32.5 Å². The van der Waals surface area contributed by atoms with E-state index in [0.717, 1.165) is 67.6 Å². The van der Waals surface area contributed by atoms with Gasteiger partial charge in [0, 0.05) is 49.3 Å². The Hall–Kier alpha value is -2.92. The standard InChI is InChI=1S/C29H30ClN3O/c30-26-15-13-23(14-16-26)28-22-27(34-31-28)12-7-17-32-18-20-33(21-19-32)29(24-8-3-1-4-9-24)25-10-5-2-6-11-25/h1-6,8-11,13-16,22,29H,7,12,17-21H2. The zero-order valence-electron chi connectivity index (χ0n) is 19.3. The van der Waals surface area contributed by atoms with Gasteiger partial charge in [0.05, 0.1) is 6.04 Å². The fourth-order valence-electron chi connectivity index (χ4n) is 4.79. The number of halogens is 1. The Labute approximate surface area is 206 Å². The number of benzene rings is 3. The molecule has 0 saturated carbocycles. The second-order valence-electron chi connectivity index (χ2n) is 8.89. The first kappa shape index (κ1) is 22.9. The molecule has 4 aromatic rings. The number of nitrogens with zero attached hydrogens (tertiary/aromatic N) is 3. The van der Waals surface area contributed by atoms with Crippen molar-refractivity contribution in [3.05, 3.63) is 113 Å².